The van der Waals surface area contributed by atoms with Gasteiger partial charge in [0.15, 0.2) is 0 Å². The first-order valence-corrected chi connectivity index (χ1v) is 8.05. The first-order valence-electron chi connectivity index (χ1n) is 8.05. The van der Waals surface area contributed by atoms with E-state index >= 15 is 0 Å². The lowest BCUT2D eigenvalue weighted by Crippen LogP contribution is -2.42. The fourth-order valence-corrected chi connectivity index (χ4v) is 2.02. The van der Waals surface area contributed by atoms with Crippen LogP contribution in [0.15, 0.2) is 24.3 Å². The van der Waals surface area contributed by atoms with E-state index in [1.165, 1.54) is 5.56 Å². The number of benzene rings is 1. The zero-order valence-corrected chi connectivity index (χ0v) is 16.2. The molecule has 0 aromatic heterocycles. The second kappa shape index (κ2) is 11.3. The number of carbonyl (C=O) groups is 1. The minimum atomic E-state index is -0.0472. The molecule has 0 aliphatic heterocycles. The van der Waals surface area contributed by atoms with Gasteiger partial charge < -0.3 is 20.1 Å². The minimum absolute atomic E-state index is 0. The third-order valence-electron chi connectivity index (χ3n) is 3.40. The van der Waals surface area contributed by atoms with Gasteiger partial charge in [-0.1, -0.05) is 32.9 Å². The molecule has 1 unspecified atom stereocenters. The van der Waals surface area contributed by atoms with Crippen LogP contribution in [0.1, 0.15) is 33.3 Å². The molecule has 0 fully saturated rings. The number of amides is 1. The van der Waals surface area contributed by atoms with E-state index in [1.807, 2.05) is 19.1 Å². The smallest absolute Gasteiger partial charge is 0.234 e. The molecular formula is C18H31ClN2O3. The normalized spacial score (nSPS) is 12.2. The second-order valence-corrected chi connectivity index (χ2v) is 6.72. The average Bonchev–Trinajstić information content (AvgIpc) is 2.49. The first kappa shape index (κ1) is 22.7. The van der Waals surface area contributed by atoms with Crippen molar-refractivity contribution in [2.45, 2.75) is 39.2 Å². The lowest BCUT2D eigenvalue weighted by Gasteiger charge is -2.20. The van der Waals surface area contributed by atoms with Gasteiger partial charge >= 0.3 is 0 Å². The Morgan fingerprint density at radius 3 is 2.38 bits per heavy atom. The molecule has 1 atom stereocenters. The maximum absolute atomic E-state index is 11.7. The maximum Gasteiger partial charge on any atom is 0.234 e. The highest BCUT2D eigenvalue weighted by Gasteiger charge is 2.13. The third kappa shape index (κ3) is 9.11. The Kier molecular flexibility index (Phi) is 10.7. The average molecular weight is 359 g/mol. The van der Waals surface area contributed by atoms with Crippen molar-refractivity contribution in [3.63, 3.8) is 0 Å². The van der Waals surface area contributed by atoms with Crippen molar-refractivity contribution in [1.29, 1.82) is 0 Å². The summed E-state index contributed by atoms with van der Waals surface area (Å²) in [6.07, 6.45) is 0. The zero-order valence-electron chi connectivity index (χ0n) is 15.3. The van der Waals surface area contributed by atoms with E-state index in [9.17, 15) is 4.79 Å². The molecule has 0 heterocycles. The van der Waals surface area contributed by atoms with E-state index in [0.717, 1.165) is 5.75 Å². The Balaban J connectivity index is 0.00000529. The van der Waals surface area contributed by atoms with Crippen LogP contribution < -0.4 is 15.4 Å². The van der Waals surface area contributed by atoms with Crippen LogP contribution in [0.3, 0.4) is 0 Å². The molecule has 1 amide bonds. The summed E-state index contributed by atoms with van der Waals surface area (Å²) < 4.78 is 10.6. The topological polar surface area (TPSA) is 59.6 Å². The van der Waals surface area contributed by atoms with E-state index in [4.69, 9.17) is 9.47 Å². The fourth-order valence-electron chi connectivity index (χ4n) is 2.02. The fraction of sp³-hybridized carbons (Fsp3) is 0.611. The number of hydrogen-bond donors (Lipinski definition) is 2. The van der Waals surface area contributed by atoms with Gasteiger partial charge in [-0.05, 0) is 30.0 Å². The van der Waals surface area contributed by atoms with Gasteiger partial charge in [-0.15, -0.1) is 12.4 Å². The molecule has 0 radical (unpaired) electrons. The lowest BCUT2D eigenvalue weighted by molar-refractivity contribution is -0.121. The third-order valence-corrected chi connectivity index (χ3v) is 3.40. The monoisotopic (exact) mass is 358 g/mol. The summed E-state index contributed by atoms with van der Waals surface area (Å²) in [5.41, 5.74) is 1.41. The van der Waals surface area contributed by atoms with Crippen molar-refractivity contribution < 1.29 is 14.3 Å². The Hall–Kier alpha value is -1.30. The SMILES string of the molecule is COCCNCC(=O)NC(C)COc1ccc(C(C)(C)C)cc1.Cl. The molecule has 2 N–H and O–H groups in total. The standard InChI is InChI=1S/C18H30N2O3.ClH/c1-14(20-17(21)12-19-10-11-22-5)13-23-16-8-6-15(7-9-16)18(2,3)4;/h6-9,14,19H,10-13H2,1-5H3,(H,20,21);1H. The predicted molar refractivity (Wildman–Crippen MR) is 100 cm³/mol. The Bertz CT molecular complexity index is 472. The van der Waals surface area contributed by atoms with E-state index < -0.39 is 0 Å². The molecule has 138 valence electrons. The van der Waals surface area contributed by atoms with E-state index in [0.29, 0.717) is 19.8 Å². The molecule has 0 bridgehead atoms. The molecule has 1 rings (SSSR count). The highest BCUT2D eigenvalue weighted by molar-refractivity contribution is 5.85. The number of rotatable bonds is 9. The number of hydrogen-bond acceptors (Lipinski definition) is 4. The van der Waals surface area contributed by atoms with Gasteiger partial charge in [-0.25, -0.2) is 0 Å². The molecular weight excluding hydrogens is 328 g/mol. The summed E-state index contributed by atoms with van der Waals surface area (Å²) in [7, 11) is 1.63. The predicted octanol–water partition coefficient (Wildman–Crippen LogP) is 2.53. The van der Waals surface area contributed by atoms with Gasteiger partial charge in [-0.3, -0.25) is 4.79 Å². The van der Waals surface area contributed by atoms with Crippen LogP contribution in [-0.4, -0.2) is 45.4 Å². The largest absolute Gasteiger partial charge is 0.491 e. The van der Waals surface area contributed by atoms with Crippen LogP contribution in [0.5, 0.6) is 5.75 Å². The highest BCUT2D eigenvalue weighted by Crippen LogP contribution is 2.24. The summed E-state index contributed by atoms with van der Waals surface area (Å²) in [6, 6.07) is 8.06. The lowest BCUT2D eigenvalue weighted by atomic mass is 9.87. The first-order chi connectivity index (χ1) is 10.8. The molecule has 0 saturated heterocycles. The van der Waals surface area contributed by atoms with Gasteiger partial charge in [0, 0.05) is 13.7 Å². The zero-order chi connectivity index (χ0) is 17.3. The quantitative estimate of drug-likeness (QED) is 0.666. The van der Waals surface area contributed by atoms with E-state index in [1.54, 1.807) is 7.11 Å². The number of nitrogens with one attached hydrogen (secondary N) is 2. The molecule has 0 spiro atoms. The summed E-state index contributed by atoms with van der Waals surface area (Å²) in [4.78, 5) is 11.7. The van der Waals surface area contributed by atoms with Gasteiger partial charge in [0.2, 0.25) is 5.91 Å². The number of carbonyl (C=O) groups excluding carboxylic acids is 1. The number of ether oxygens (including phenoxy) is 2. The molecule has 0 aliphatic carbocycles. The minimum Gasteiger partial charge on any atom is -0.491 e. The van der Waals surface area contributed by atoms with Gasteiger partial charge in [-0.2, -0.15) is 0 Å². The molecule has 5 nitrogen and oxygen atoms in total. The van der Waals surface area contributed by atoms with Crippen molar-refractivity contribution in [2.24, 2.45) is 0 Å². The van der Waals surface area contributed by atoms with Crippen LogP contribution in [0, 0.1) is 0 Å². The van der Waals surface area contributed by atoms with Crippen molar-refractivity contribution >= 4 is 18.3 Å². The Morgan fingerprint density at radius 1 is 1.21 bits per heavy atom. The Labute approximate surface area is 151 Å². The van der Waals surface area contributed by atoms with Crippen LogP contribution >= 0.6 is 12.4 Å². The van der Waals surface area contributed by atoms with Crippen molar-refractivity contribution in [3.05, 3.63) is 29.8 Å². The summed E-state index contributed by atoms with van der Waals surface area (Å²) in [6.45, 7) is 10.5. The molecule has 6 heteroatoms. The summed E-state index contributed by atoms with van der Waals surface area (Å²) in [5, 5.41) is 5.90. The number of methoxy groups -OCH3 is 1. The summed E-state index contributed by atoms with van der Waals surface area (Å²) in [5.74, 6) is 0.776. The van der Waals surface area contributed by atoms with Crippen LogP contribution in [0.4, 0.5) is 0 Å². The molecule has 1 aromatic carbocycles. The van der Waals surface area contributed by atoms with Gasteiger partial charge in [0.05, 0.1) is 19.2 Å². The van der Waals surface area contributed by atoms with E-state index in [2.05, 4.69) is 43.5 Å². The van der Waals surface area contributed by atoms with Crippen LogP contribution in [0.2, 0.25) is 0 Å². The van der Waals surface area contributed by atoms with Crippen molar-refractivity contribution in [3.8, 4) is 5.75 Å². The van der Waals surface area contributed by atoms with E-state index in [-0.39, 0.29) is 36.3 Å². The van der Waals surface area contributed by atoms with Gasteiger partial charge in [0.1, 0.15) is 12.4 Å². The second-order valence-electron chi connectivity index (χ2n) is 6.72. The highest BCUT2D eigenvalue weighted by atomic mass is 35.5. The van der Waals surface area contributed by atoms with Crippen LogP contribution in [0.25, 0.3) is 0 Å². The molecule has 24 heavy (non-hydrogen) atoms. The van der Waals surface area contributed by atoms with Crippen molar-refractivity contribution in [1.82, 2.24) is 10.6 Å². The molecule has 1 aromatic rings. The summed E-state index contributed by atoms with van der Waals surface area (Å²) >= 11 is 0. The Morgan fingerprint density at radius 2 is 1.83 bits per heavy atom. The van der Waals surface area contributed by atoms with Crippen molar-refractivity contribution in [2.75, 3.05) is 33.4 Å². The van der Waals surface area contributed by atoms with Crippen LogP contribution in [-0.2, 0) is 14.9 Å². The maximum atomic E-state index is 11.7. The number of halogens is 1. The molecule has 0 aliphatic rings. The van der Waals surface area contributed by atoms with Gasteiger partial charge in [0.25, 0.3) is 0 Å². The molecule has 0 saturated carbocycles.